The molecule has 0 radical (unpaired) electrons. The first kappa shape index (κ1) is 38.2. The fraction of sp³-hybridized carbons (Fsp3) is 0.158. The van der Waals surface area contributed by atoms with Crippen molar-refractivity contribution in [2.45, 2.75) is 45.4 Å². The molecule has 1 unspecified atom stereocenters. The number of unbranched alkanes of at least 4 members (excludes halogenated alkanes) is 1. The Morgan fingerprint density at radius 1 is 0.656 bits per heavy atom. The number of ether oxygens (including phenoxy) is 2. The monoisotopic (exact) mass is 794 g/mol. The highest BCUT2D eigenvalue weighted by molar-refractivity contribution is 6.13. The summed E-state index contributed by atoms with van der Waals surface area (Å²) < 4.78 is 14.9. The first-order valence-electron chi connectivity index (χ1n) is 21.6. The van der Waals surface area contributed by atoms with Crippen LogP contribution >= 0.6 is 0 Å². The number of aromatic nitrogens is 1. The number of hydrogen-bond acceptors (Lipinski definition) is 3. The Labute approximate surface area is 359 Å². The molecule has 0 saturated carbocycles. The number of rotatable bonds is 13. The summed E-state index contributed by atoms with van der Waals surface area (Å²) in [6.45, 7) is 9.44. The van der Waals surface area contributed by atoms with Crippen LogP contribution < -0.4 is 14.4 Å². The lowest BCUT2D eigenvalue weighted by atomic mass is 9.92. The van der Waals surface area contributed by atoms with E-state index in [0.717, 1.165) is 59.8 Å². The molecule has 8 aromatic rings. The molecule has 2 aliphatic carbocycles. The third-order valence-corrected chi connectivity index (χ3v) is 12.3. The number of nitrogens with zero attached hydrogens (tertiary/aromatic N) is 2. The third-order valence-electron chi connectivity index (χ3n) is 12.3. The Morgan fingerprint density at radius 2 is 1.38 bits per heavy atom. The molecular formula is C57H50N2O2. The molecule has 1 atom stereocenters. The zero-order chi connectivity index (χ0) is 41.3. The second-order valence-corrected chi connectivity index (χ2v) is 16.5. The quantitative estimate of drug-likeness (QED) is 0.109. The number of hydrogen-bond donors (Lipinski definition) is 0. The van der Waals surface area contributed by atoms with Gasteiger partial charge in [0.2, 0.25) is 0 Å². The molecule has 0 N–H and O–H groups in total. The van der Waals surface area contributed by atoms with E-state index in [9.17, 15) is 0 Å². The molecule has 1 aromatic heterocycles. The number of anilines is 3. The number of aryl methyl sites for hydroxylation is 2. The van der Waals surface area contributed by atoms with E-state index >= 15 is 0 Å². The summed E-state index contributed by atoms with van der Waals surface area (Å²) in [6, 6.07) is 53.2. The van der Waals surface area contributed by atoms with Crippen LogP contribution in [0.2, 0.25) is 0 Å². The predicted molar refractivity (Wildman–Crippen MR) is 256 cm³/mol. The lowest BCUT2D eigenvalue weighted by Gasteiger charge is -2.26. The van der Waals surface area contributed by atoms with Crippen LogP contribution in [0.1, 0.15) is 58.6 Å². The molecule has 0 bridgehead atoms. The maximum Gasteiger partial charge on any atom is 0.121 e. The zero-order valence-electron chi connectivity index (χ0n) is 35.0. The van der Waals surface area contributed by atoms with Gasteiger partial charge in [0, 0.05) is 51.9 Å². The van der Waals surface area contributed by atoms with Crippen LogP contribution in [0.3, 0.4) is 0 Å². The zero-order valence-corrected chi connectivity index (χ0v) is 35.0. The first-order valence-corrected chi connectivity index (χ1v) is 21.6. The minimum atomic E-state index is 0.397. The Morgan fingerprint density at radius 3 is 2.15 bits per heavy atom. The fourth-order valence-corrected chi connectivity index (χ4v) is 9.23. The van der Waals surface area contributed by atoms with Gasteiger partial charge in [0.25, 0.3) is 0 Å². The number of allylic oxidation sites excluding steroid dienone is 4. The summed E-state index contributed by atoms with van der Waals surface area (Å²) in [5.41, 5.74) is 17.3. The lowest BCUT2D eigenvalue weighted by Crippen LogP contribution is -2.11. The number of fused-ring (bicyclic) bond motifs is 7. The SMILES string of the molecule is C=Cc1ccc(OCCCCOc2cccc(N(c3cccc(C)c3)c3ccc4c5ccc6c(c5n(-c5ccc(C7C=CC=CC7)cc5)c4c3)Cc3cc(C)ccc3-6)c2)cc1. The molecule has 0 fully saturated rings. The van der Waals surface area contributed by atoms with Gasteiger partial charge < -0.3 is 18.9 Å². The van der Waals surface area contributed by atoms with Gasteiger partial charge in [0.1, 0.15) is 11.5 Å². The topological polar surface area (TPSA) is 26.6 Å². The molecule has 1 heterocycles. The van der Waals surface area contributed by atoms with Gasteiger partial charge in [-0.2, -0.15) is 0 Å². The van der Waals surface area contributed by atoms with E-state index in [0.29, 0.717) is 19.1 Å². The van der Waals surface area contributed by atoms with Crippen LogP contribution in [-0.2, 0) is 6.42 Å². The Hall–Kier alpha value is -7.04. The van der Waals surface area contributed by atoms with Gasteiger partial charge in [0.05, 0.1) is 24.2 Å². The summed E-state index contributed by atoms with van der Waals surface area (Å²) in [7, 11) is 0. The van der Waals surface area contributed by atoms with Crippen LogP contribution in [0.25, 0.3) is 44.7 Å². The van der Waals surface area contributed by atoms with Crippen molar-refractivity contribution in [1.82, 2.24) is 4.57 Å². The highest BCUT2D eigenvalue weighted by Crippen LogP contribution is 2.46. The number of benzene rings is 7. The summed E-state index contributed by atoms with van der Waals surface area (Å²) in [5.74, 6) is 2.12. The normalized spacial score (nSPS) is 14.0. The van der Waals surface area contributed by atoms with E-state index in [1.54, 1.807) is 0 Å². The van der Waals surface area contributed by atoms with Crippen molar-refractivity contribution in [3.05, 3.63) is 210 Å². The van der Waals surface area contributed by atoms with Gasteiger partial charge in [-0.3, -0.25) is 0 Å². The summed E-state index contributed by atoms with van der Waals surface area (Å²) in [4.78, 5) is 2.36. The lowest BCUT2D eigenvalue weighted by molar-refractivity contribution is 0.266. The van der Waals surface area contributed by atoms with Crippen LogP contribution in [0.4, 0.5) is 17.1 Å². The summed E-state index contributed by atoms with van der Waals surface area (Å²) >= 11 is 0. The maximum absolute atomic E-state index is 6.39. The van der Waals surface area contributed by atoms with Crippen molar-refractivity contribution in [3.8, 4) is 28.3 Å². The van der Waals surface area contributed by atoms with Crippen molar-refractivity contribution in [2.75, 3.05) is 18.1 Å². The van der Waals surface area contributed by atoms with Crippen LogP contribution in [0.5, 0.6) is 11.5 Å². The van der Waals surface area contributed by atoms with Gasteiger partial charge in [0.15, 0.2) is 0 Å². The predicted octanol–water partition coefficient (Wildman–Crippen LogP) is 14.9. The largest absolute Gasteiger partial charge is 0.494 e. The maximum atomic E-state index is 6.39. The molecule has 0 saturated heterocycles. The minimum absolute atomic E-state index is 0.397. The van der Waals surface area contributed by atoms with E-state index in [2.05, 4.69) is 176 Å². The van der Waals surface area contributed by atoms with E-state index in [1.165, 1.54) is 66.4 Å². The van der Waals surface area contributed by atoms with Crippen LogP contribution in [0.15, 0.2) is 176 Å². The second kappa shape index (κ2) is 16.5. The van der Waals surface area contributed by atoms with Crippen LogP contribution in [-0.4, -0.2) is 17.8 Å². The fourth-order valence-electron chi connectivity index (χ4n) is 9.23. The molecule has 0 amide bonds. The average Bonchev–Trinajstić information content (AvgIpc) is 3.83. The molecule has 2 aliphatic rings. The second-order valence-electron chi connectivity index (χ2n) is 16.5. The standard InChI is InChI=1S/C57H50N2O2/c1-4-41-19-26-49(27-20-41)60-32-8-9-33-61-50-17-11-16-47(37-50)58(46-15-10-12-39(2)35-46)48-25-29-53-54-31-30-52-51-28-18-40(3)34-44(51)36-55(52)57(54)59(56(53)38-48)45-23-21-43(22-24-45)42-13-6-5-7-14-42/h4-7,10-13,15-31,34-35,37-38,42H,1,8-9,14,32-33,36H2,2-3H3. The molecule has 300 valence electrons. The first-order chi connectivity index (χ1) is 30.0. The molecule has 0 spiro atoms. The van der Waals surface area contributed by atoms with E-state index in [4.69, 9.17) is 9.47 Å². The highest BCUT2D eigenvalue weighted by Gasteiger charge is 2.26. The Balaban J connectivity index is 1.02. The molecule has 0 aliphatic heterocycles. The van der Waals surface area contributed by atoms with Crippen LogP contribution in [0, 0.1) is 13.8 Å². The highest BCUT2D eigenvalue weighted by atomic mass is 16.5. The van der Waals surface area contributed by atoms with Gasteiger partial charge in [-0.25, -0.2) is 0 Å². The Kier molecular flexibility index (Phi) is 10.4. The van der Waals surface area contributed by atoms with E-state index < -0.39 is 0 Å². The van der Waals surface area contributed by atoms with Gasteiger partial charge in [-0.15, -0.1) is 0 Å². The summed E-state index contributed by atoms with van der Waals surface area (Å²) in [6.07, 6.45) is 14.5. The smallest absolute Gasteiger partial charge is 0.121 e. The van der Waals surface area contributed by atoms with Gasteiger partial charge in [-0.05, 0) is 133 Å². The molecule has 4 heteroatoms. The molecule has 10 rings (SSSR count). The summed E-state index contributed by atoms with van der Waals surface area (Å²) in [5, 5.41) is 2.53. The van der Waals surface area contributed by atoms with Gasteiger partial charge >= 0.3 is 0 Å². The molecule has 7 aromatic carbocycles. The Bertz CT molecular complexity index is 2970. The van der Waals surface area contributed by atoms with E-state index in [-0.39, 0.29) is 0 Å². The van der Waals surface area contributed by atoms with Gasteiger partial charge in [-0.1, -0.05) is 121 Å². The van der Waals surface area contributed by atoms with Crippen molar-refractivity contribution in [1.29, 1.82) is 0 Å². The molecular weight excluding hydrogens is 745 g/mol. The molecule has 61 heavy (non-hydrogen) atoms. The third kappa shape index (κ3) is 7.55. The average molecular weight is 795 g/mol. The van der Waals surface area contributed by atoms with E-state index in [1.807, 2.05) is 30.3 Å². The van der Waals surface area contributed by atoms with Crippen molar-refractivity contribution in [2.24, 2.45) is 0 Å². The van der Waals surface area contributed by atoms with Crippen molar-refractivity contribution < 1.29 is 9.47 Å². The molecule has 4 nitrogen and oxygen atoms in total. The van der Waals surface area contributed by atoms with Crippen molar-refractivity contribution in [3.63, 3.8) is 0 Å². The minimum Gasteiger partial charge on any atom is -0.494 e. The van der Waals surface area contributed by atoms with Crippen molar-refractivity contribution >= 4 is 44.9 Å².